The quantitative estimate of drug-likeness (QED) is 0.753. The fraction of sp³-hybridized carbons (Fsp3) is 0.833. The summed E-state index contributed by atoms with van der Waals surface area (Å²) in [5.41, 5.74) is -2.54. The van der Waals surface area contributed by atoms with Gasteiger partial charge in [-0.2, -0.15) is 0 Å². The van der Waals surface area contributed by atoms with Crippen LogP contribution in [-0.4, -0.2) is 22.6 Å². The van der Waals surface area contributed by atoms with Crippen LogP contribution in [0, 0.1) is 10.8 Å². The van der Waals surface area contributed by atoms with Gasteiger partial charge in [-0.15, -0.1) is 0 Å². The van der Waals surface area contributed by atoms with Gasteiger partial charge in [-0.05, 0) is 27.7 Å². The fourth-order valence-corrected chi connectivity index (χ4v) is 1.51. The lowest BCUT2D eigenvalue weighted by atomic mass is 9.60. The van der Waals surface area contributed by atoms with E-state index >= 15 is 0 Å². The van der Waals surface area contributed by atoms with Crippen molar-refractivity contribution in [2.75, 3.05) is 0 Å². The maximum absolute atomic E-state index is 11.3. The first-order valence-corrected chi connectivity index (χ1v) is 5.29. The molecule has 0 aliphatic carbocycles. The molecule has 0 aliphatic rings. The van der Waals surface area contributed by atoms with Gasteiger partial charge >= 0.3 is 11.9 Å². The van der Waals surface area contributed by atoms with E-state index in [2.05, 4.69) is 0 Å². The standard InChI is InChI=1S/C12H22O4/c1-8(13)16-12(6,7)11(4,5)10(2,3)9(14)15/h1-7H3,(H,14,15). The largest absolute Gasteiger partial charge is 0.481 e. The molecule has 0 atom stereocenters. The van der Waals surface area contributed by atoms with Crippen molar-refractivity contribution >= 4 is 11.9 Å². The lowest BCUT2D eigenvalue weighted by Crippen LogP contribution is -2.54. The summed E-state index contributed by atoms with van der Waals surface area (Å²) in [6.07, 6.45) is 0. The Morgan fingerprint density at radius 2 is 1.38 bits per heavy atom. The number of carbonyl (C=O) groups is 2. The Morgan fingerprint density at radius 3 is 1.62 bits per heavy atom. The average Bonchev–Trinajstić information content (AvgIpc) is 2.00. The Labute approximate surface area is 97.0 Å². The van der Waals surface area contributed by atoms with Crippen molar-refractivity contribution < 1.29 is 19.4 Å². The van der Waals surface area contributed by atoms with Gasteiger partial charge < -0.3 is 9.84 Å². The highest BCUT2D eigenvalue weighted by atomic mass is 16.6. The summed E-state index contributed by atoms with van der Waals surface area (Å²) < 4.78 is 5.24. The lowest BCUT2D eigenvalue weighted by molar-refractivity contribution is -0.187. The van der Waals surface area contributed by atoms with Gasteiger partial charge in [-0.25, -0.2) is 0 Å². The molecule has 1 N–H and O–H groups in total. The SMILES string of the molecule is CC(=O)OC(C)(C)C(C)(C)C(C)(C)C(=O)O. The third-order valence-electron chi connectivity index (χ3n) is 4.00. The smallest absolute Gasteiger partial charge is 0.309 e. The third kappa shape index (κ3) is 2.36. The van der Waals surface area contributed by atoms with Crippen LogP contribution in [0.25, 0.3) is 0 Å². The minimum Gasteiger partial charge on any atom is -0.481 e. The van der Waals surface area contributed by atoms with Gasteiger partial charge in [0.2, 0.25) is 0 Å². The maximum Gasteiger partial charge on any atom is 0.309 e. The summed E-state index contributed by atoms with van der Waals surface area (Å²) in [5.74, 6) is -1.31. The number of carboxylic acid groups (broad SMARTS) is 1. The number of hydrogen-bond donors (Lipinski definition) is 1. The molecule has 0 aromatic rings. The number of ether oxygens (including phenoxy) is 1. The molecule has 0 fully saturated rings. The van der Waals surface area contributed by atoms with E-state index in [0.29, 0.717) is 0 Å². The zero-order valence-electron chi connectivity index (χ0n) is 11.2. The van der Waals surface area contributed by atoms with E-state index in [4.69, 9.17) is 4.74 Å². The topological polar surface area (TPSA) is 63.6 Å². The van der Waals surface area contributed by atoms with Crippen LogP contribution >= 0.6 is 0 Å². The van der Waals surface area contributed by atoms with Crippen molar-refractivity contribution in [3.05, 3.63) is 0 Å². The van der Waals surface area contributed by atoms with Gasteiger partial charge in [0.15, 0.2) is 0 Å². The molecule has 0 heterocycles. The Bertz CT molecular complexity index is 300. The summed E-state index contributed by atoms with van der Waals surface area (Å²) in [7, 11) is 0. The number of carboxylic acids is 1. The van der Waals surface area contributed by atoms with Crippen LogP contribution in [0.2, 0.25) is 0 Å². The van der Waals surface area contributed by atoms with E-state index in [1.54, 1.807) is 41.5 Å². The van der Waals surface area contributed by atoms with Crippen molar-refractivity contribution in [1.82, 2.24) is 0 Å². The molecule has 0 spiro atoms. The molecular formula is C12H22O4. The fourth-order valence-electron chi connectivity index (χ4n) is 1.51. The van der Waals surface area contributed by atoms with Gasteiger partial charge in [-0.1, -0.05) is 13.8 Å². The lowest BCUT2D eigenvalue weighted by Gasteiger charge is -2.48. The van der Waals surface area contributed by atoms with Crippen molar-refractivity contribution in [2.45, 2.75) is 54.1 Å². The van der Waals surface area contributed by atoms with E-state index < -0.39 is 28.4 Å². The first kappa shape index (κ1) is 14.9. The molecule has 0 saturated heterocycles. The van der Waals surface area contributed by atoms with Crippen LogP contribution in [0.1, 0.15) is 48.5 Å². The summed E-state index contributed by atoms with van der Waals surface area (Å²) >= 11 is 0. The van der Waals surface area contributed by atoms with Crippen LogP contribution in [0.15, 0.2) is 0 Å². The van der Waals surface area contributed by atoms with Crippen molar-refractivity contribution in [3.63, 3.8) is 0 Å². The number of esters is 1. The summed E-state index contributed by atoms with van der Waals surface area (Å²) in [6.45, 7) is 11.7. The van der Waals surface area contributed by atoms with E-state index in [0.717, 1.165) is 0 Å². The third-order valence-corrected chi connectivity index (χ3v) is 4.00. The molecule has 0 rings (SSSR count). The highest BCUT2D eigenvalue weighted by molar-refractivity contribution is 5.75. The Kier molecular flexibility index (Phi) is 3.80. The van der Waals surface area contributed by atoms with Crippen molar-refractivity contribution in [2.24, 2.45) is 10.8 Å². The van der Waals surface area contributed by atoms with Crippen LogP contribution in [0.3, 0.4) is 0 Å². The average molecular weight is 230 g/mol. The van der Waals surface area contributed by atoms with Crippen LogP contribution in [0.5, 0.6) is 0 Å². The number of rotatable bonds is 4. The molecule has 4 heteroatoms. The maximum atomic E-state index is 11.3. The number of aliphatic carboxylic acids is 1. The molecule has 16 heavy (non-hydrogen) atoms. The molecule has 0 radical (unpaired) electrons. The predicted molar refractivity (Wildman–Crippen MR) is 61.0 cm³/mol. The van der Waals surface area contributed by atoms with Gasteiger partial charge in [0.25, 0.3) is 0 Å². The molecule has 0 aliphatic heterocycles. The minimum atomic E-state index is -0.994. The second-order valence-electron chi connectivity index (χ2n) is 5.66. The normalized spacial score (nSPS) is 13.4. The van der Waals surface area contributed by atoms with E-state index in [-0.39, 0.29) is 0 Å². The zero-order valence-corrected chi connectivity index (χ0v) is 11.2. The highest BCUT2D eigenvalue weighted by Crippen LogP contribution is 2.48. The second kappa shape index (κ2) is 4.07. The molecule has 0 amide bonds. The molecule has 0 saturated carbocycles. The Balaban J connectivity index is 5.33. The van der Waals surface area contributed by atoms with Gasteiger partial charge in [0.1, 0.15) is 5.60 Å². The van der Waals surface area contributed by atoms with E-state index in [9.17, 15) is 14.7 Å². The monoisotopic (exact) mass is 230 g/mol. The summed E-state index contributed by atoms with van der Waals surface area (Å²) in [4.78, 5) is 22.3. The summed E-state index contributed by atoms with van der Waals surface area (Å²) in [5, 5.41) is 9.23. The Hall–Kier alpha value is -1.06. The zero-order chi connectivity index (χ0) is 13.4. The molecule has 0 bridgehead atoms. The van der Waals surface area contributed by atoms with E-state index in [1.807, 2.05) is 0 Å². The van der Waals surface area contributed by atoms with Crippen LogP contribution in [-0.2, 0) is 14.3 Å². The molecule has 0 unspecified atom stereocenters. The highest BCUT2D eigenvalue weighted by Gasteiger charge is 2.54. The van der Waals surface area contributed by atoms with Gasteiger partial charge in [0, 0.05) is 12.3 Å². The van der Waals surface area contributed by atoms with Crippen LogP contribution in [0.4, 0.5) is 0 Å². The van der Waals surface area contributed by atoms with Gasteiger partial charge in [0.05, 0.1) is 5.41 Å². The molecule has 4 nitrogen and oxygen atoms in total. The van der Waals surface area contributed by atoms with Crippen molar-refractivity contribution in [1.29, 1.82) is 0 Å². The molecule has 94 valence electrons. The van der Waals surface area contributed by atoms with Gasteiger partial charge in [-0.3, -0.25) is 9.59 Å². The van der Waals surface area contributed by atoms with E-state index in [1.165, 1.54) is 6.92 Å². The predicted octanol–water partition coefficient (Wildman–Crippen LogP) is 2.47. The Morgan fingerprint density at radius 1 is 1.00 bits per heavy atom. The molecule has 0 aromatic heterocycles. The molecule has 0 aromatic carbocycles. The minimum absolute atomic E-state index is 0.403. The number of carbonyl (C=O) groups excluding carboxylic acids is 1. The summed E-state index contributed by atoms with van der Waals surface area (Å²) in [6, 6.07) is 0. The van der Waals surface area contributed by atoms with Crippen LogP contribution < -0.4 is 0 Å². The number of hydrogen-bond acceptors (Lipinski definition) is 3. The first-order chi connectivity index (χ1) is 6.86. The molecular weight excluding hydrogens is 208 g/mol. The first-order valence-electron chi connectivity index (χ1n) is 5.29. The van der Waals surface area contributed by atoms with Crippen molar-refractivity contribution in [3.8, 4) is 0 Å². The second-order valence-corrected chi connectivity index (χ2v) is 5.66.